The maximum Gasteiger partial charge on any atom is 0.262 e. The molecule has 0 unspecified atom stereocenters. The Kier molecular flexibility index (Phi) is 7.38. The van der Waals surface area contributed by atoms with Gasteiger partial charge in [0.2, 0.25) is 0 Å². The third-order valence-electron chi connectivity index (χ3n) is 6.66. The molecule has 198 valence electrons. The summed E-state index contributed by atoms with van der Waals surface area (Å²) in [6.45, 7) is 1.72. The van der Waals surface area contributed by atoms with E-state index in [1.165, 1.54) is 20.3 Å². The monoisotopic (exact) mass is 552 g/mol. The fourth-order valence-corrected chi connectivity index (χ4v) is 6.14. The number of likely N-dealkylation sites (N-methyl/N-ethyl adjacent to an activating group) is 1. The van der Waals surface area contributed by atoms with Crippen LogP contribution in [0.1, 0.15) is 6.42 Å². The van der Waals surface area contributed by atoms with Crippen LogP contribution in [0.2, 0.25) is 5.02 Å². The molecule has 0 spiro atoms. The van der Waals surface area contributed by atoms with E-state index < -0.39 is 10.0 Å². The molecule has 0 radical (unpaired) electrons. The minimum atomic E-state index is -4.06. The molecule has 0 aromatic heterocycles. The Morgan fingerprint density at radius 3 is 2.34 bits per heavy atom. The number of hydrogen-bond donors (Lipinski definition) is 1. The van der Waals surface area contributed by atoms with Crippen LogP contribution in [-0.2, 0) is 10.0 Å². The smallest absolute Gasteiger partial charge is 0.262 e. The standard InChI is InChI=1S/C29H29ClN2O5S/c1-32-13-12-23(18-32)37-26-15-22(10-11-25(26)30)31-38(33,34)29-17-28(36-3)27(35-2)16-24(29)21-9-8-19-6-4-5-7-20(19)14-21/h4-11,14-17,23,31H,12-13,18H2,1-3H3/t23-/m1/s1. The molecule has 4 aromatic rings. The van der Waals surface area contributed by atoms with E-state index in [9.17, 15) is 8.42 Å². The summed E-state index contributed by atoms with van der Waals surface area (Å²) in [5.74, 6) is 1.18. The first-order chi connectivity index (χ1) is 18.3. The Balaban J connectivity index is 1.54. The number of sulfonamides is 1. The molecule has 1 fully saturated rings. The molecule has 1 aliphatic heterocycles. The molecule has 38 heavy (non-hydrogen) atoms. The van der Waals surface area contributed by atoms with Gasteiger partial charge in [0, 0.05) is 30.8 Å². The predicted molar refractivity (Wildman–Crippen MR) is 151 cm³/mol. The van der Waals surface area contributed by atoms with Gasteiger partial charge in [0.05, 0.1) is 29.8 Å². The van der Waals surface area contributed by atoms with Gasteiger partial charge in [0.25, 0.3) is 10.0 Å². The van der Waals surface area contributed by atoms with Gasteiger partial charge in [-0.2, -0.15) is 0 Å². The van der Waals surface area contributed by atoms with Crippen LogP contribution in [-0.4, -0.2) is 53.8 Å². The summed E-state index contributed by atoms with van der Waals surface area (Å²) in [5, 5.41) is 2.47. The van der Waals surface area contributed by atoms with Crippen molar-refractivity contribution in [2.75, 3.05) is 39.1 Å². The van der Waals surface area contributed by atoms with Crippen molar-refractivity contribution < 1.29 is 22.6 Å². The van der Waals surface area contributed by atoms with Gasteiger partial charge in [-0.3, -0.25) is 4.72 Å². The summed E-state index contributed by atoms with van der Waals surface area (Å²) >= 11 is 6.38. The van der Waals surface area contributed by atoms with Gasteiger partial charge in [0.1, 0.15) is 11.9 Å². The largest absolute Gasteiger partial charge is 0.493 e. The number of nitrogens with zero attached hydrogens (tertiary/aromatic N) is 1. The Labute approximate surface area is 227 Å². The molecule has 1 heterocycles. The highest BCUT2D eigenvalue weighted by atomic mass is 35.5. The van der Waals surface area contributed by atoms with Crippen molar-refractivity contribution >= 4 is 38.1 Å². The summed E-state index contributed by atoms with van der Waals surface area (Å²) in [6, 6.07) is 21.8. The second kappa shape index (κ2) is 10.7. The highest BCUT2D eigenvalue weighted by Crippen LogP contribution is 2.40. The molecule has 0 saturated carbocycles. The molecule has 1 saturated heterocycles. The summed E-state index contributed by atoms with van der Waals surface area (Å²) < 4.78 is 47.4. The van der Waals surface area contributed by atoms with Crippen LogP contribution in [0.3, 0.4) is 0 Å². The van der Waals surface area contributed by atoms with Gasteiger partial charge in [-0.25, -0.2) is 8.42 Å². The molecule has 9 heteroatoms. The van der Waals surface area contributed by atoms with E-state index in [0.29, 0.717) is 33.5 Å². The molecule has 7 nitrogen and oxygen atoms in total. The Bertz CT molecular complexity index is 1590. The highest BCUT2D eigenvalue weighted by Gasteiger charge is 2.25. The number of fused-ring (bicyclic) bond motifs is 1. The van der Waals surface area contributed by atoms with Gasteiger partial charge in [-0.1, -0.05) is 48.0 Å². The summed E-state index contributed by atoms with van der Waals surface area (Å²) in [6.07, 6.45) is 0.874. The molecular formula is C29H29ClN2O5S. The molecular weight excluding hydrogens is 524 g/mol. The van der Waals surface area contributed by atoms with Crippen molar-refractivity contribution in [3.8, 4) is 28.4 Å². The highest BCUT2D eigenvalue weighted by molar-refractivity contribution is 7.92. The third kappa shape index (κ3) is 5.38. The van der Waals surface area contributed by atoms with Crippen molar-refractivity contribution in [2.24, 2.45) is 0 Å². The minimum absolute atomic E-state index is 0.00490. The number of likely N-dealkylation sites (tertiary alicyclic amines) is 1. The van der Waals surface area contributed by atoms with Gasteiger partial charge >= 0.3 is 0 Å². The van der Waals surface area contributed by atoms with Crippen molar-refractivity contribution in [3.05, 3.63) is 77.8 Å². The molecule has 0 aliphatic carbocycles. The van der Waals surface area contributed by atoms with Crippen LogP contribution in [0.25, 0.3) is 21.9 Å². The number of hydrogen-bond acceptors (Lipinski definition) is 6. The number of benzene rings is 4. The number of anilines is 1. The summed E-state index contributed by atoms with van der Waals surface area (Å²) in [7, 11) is 0.965. The van der Waals surface area contributed by atoms with Crippen LogP contribution in [0, 0.1) is 0 Å². The minimum Gasteiger partial charge on any atom is -0.493 e. The average Bonchev–Trinajstić information content (AvgIpc) is 3.33. The first kappa shape index (κ1) is 26.2. The lowest BCUT2D eigenvalue weighted by Crippen LogP contribution is -2.21. The van der Waals surface area contributed by atoms with E-state index in [0.717, 1.165) is 35.8 Å². The van der Waals surface area contributed by atoms with E-state index >= 15 is 0 Å². The molecule has 5 rings (SSSR count). The Morgan fingerprint density at radius 2 is 1.63 bits per heavy atom. The quantitative estimate of drug-likeness (QED) is 0.286. The number of rotatable bonds is 8. The lowest BCUT2D eigenvalue weighted by Gasteiger charge is -2.18. The SMILES string of the molecule is COc1cc(-c2ccc3ccccc3c2)c(S(=O)(=O)Nc2ccc(Cl)c(O[C@@H]3CCN(C)C3)c2)cc1OC. The van der Waals surface area contributed by atoms with E-state index in [4.69, 9.17) is 25.8 Å². The van der Waals surface area contributed by atoms with Crippen molar-refractivity contribution in [1.82, 2.24) is 4.90 Å². The predicted octanol–water partition coefficient (Wildman–Crippen LogP) is 6.06. The van der Waals surface area contributed by atoms with Crippen LogP contribution in [0.15, 0.2) is 77.7 Å². The average molecular weight is 553 g/mol. The Hall–Kier alpha value is -3.46. The maximum atomic E-state index is 13.8. The molecule has 4 aromatic carbocycles. The van der Waals surface area contributed by atoms with Crippen LogP contribution in [0.4, 0.5) is 5.69 Å². The lowest BCUT2D eigenvalue weighted by atomic mass is 10.0. The van der Waals surface area contributed by atoms with Crippen molar-refractivity contribution in [3.63, 3.8) is 0 Å². The number of halogens is 1. The van der Waals surface area contributed by atoms with Crippen LogP contribution >= 0.6 is 11.6 Å². The topological polar surface area (TPSA) is 77.1 Å². The van der Waals surface area contributed by atoms with Gasteiger partial charge in [-0.05, 0) is 54.1 Å². The first-order valence-corrected chi connectivity index (χ1v) is 14.1. The zero-order chi connectivity index (χ0) is 26.9. The maximum absolute atomic E-state index is 13.8. The van der Waals surface area contributed by atoms with Crippen LogP contribution < -0.4 is 18.9 Å². The fraction of sp³-hybridized carbons (Fsp3) is 0.241. The molecule has 1 atom stereocenters. The molecule has 0 amide bonds. The zero-order valence-electron chi connectivity index (χ0n) is 21.4. The van der Waals surface area contributed by atoms with E-state index in [-0.39, 0.29) is 11.0 Å². The summed E-state index contributed by atoms with van der Waals surface area (Å²) in [4.78, 5) is 2.23. The fourth-order valence-electron chi connectivity index (χ4n) is 4.70. The van der Waals surface area contributed by atoms with Crippen molar-refractivity contribution in [2.45, 2.75) is 17.4 Å². The number of ether oxygens (including phenoxy) is 3. The molecule has 1 aliphatic rings. The van der Waals surface area contributed by atoms with E-state index in [1.807, 2.05) is 49.5 Å². The van der Waals surface area contributed by atoms with E-state index in [2.05, 4.69) is 9.62 Å². The summed E-state index contributed by atoms with van der Waals surface area (Å²) in [5.41, 5.74) is 1.56. The second-order valence-corrected chi connectivity index (χ2v) is 11.4. The Morgan fingerprint density at radius 1 is 0.895 bits per heavy atom. The van der Waals surface area contributed by atoms with E-state index in [1.54, 1.807) is 24.3 Å². The molecule has 1 N–H and O–H groups in total. The molecule has 0 bridgehead atoms. The van der Waals surface area contributed by atoms with Gasteiger partial charge < -0.3 is 19.1 Å². The van der Waals surface area contributed by atoms with Gasteiger partial charge in [-0.15, -0.1) is 0 Å². The van der Waals surface area contributed by atoms with Crippen molar-refractivity contribution in [1.29, 1.82) is 0 Å². The van der Waals surface area contributed by atoms with Crippen LogP contribution in [0.5, 0.6) is 17.2 Å². The first-order valence-electron chi connectivity index (χ1n) is 12.2. The normalized spacial score (nSPS) is 15.9. The number of nitrogens with one attached hydrogen (secondary N) is 1. The second-order valence-electron chi connectivity index (χ2n) is 9.31. The third-order valence-corrected chi connectivity index (χ3v) is 8.39. The van der Waals surface area contributed by atoms with Gasteiger partial charge in [0.15, 0.2) is 11.5 Å². The number of methoxy groups -OCH3 is 2. The lowest BCUT2D eigenvalue weighted by molar-refractivity contribution is 0.208. The zero-order valence-corrected chi connectivity index (χ0v) is 23.0.